The fourth-order valence-electron chi connectivity index (χ4n) is 3.61. The van der Waals surface area contributed by atoms with Gasteiger partial charge in [0.25, 0.3) is 0 Å². The fourth-order valence-corrected chi connectivity index (χ4v) is 3.88. The van der Waals surface area contributed by atoms with E-state index in [-0.39, 0.29) is 11.9 Å². The molecule has 2 heterocycles. The topological polar surface area (TPSA) is 54.8 Å². The number of nitrogens with zero attached hydrogens (tertiary/aromatic N) is 3. The fraction of sp³-hybridized carbons (Fsp3) is 0.227. The smallest absolute Gasteiger partial charge is 0.240 e. The first-order valence-electron chi connectivity index (χ1n) is 9.05. The van der Waals surface area contributed by atoms with Crippen molar-refractivity contribution in [1.82, 2.24) is 9.99 Å². The van der Waals surface area contributed by atoms with E-state index in [9.17, 15) is 4.79 Å². The van der Waals surface area contributed by atoms with Gasteiger partial charge in [-0.15, -0.1) is 0 Å². The number of pyridine rings is 1. The van der Waals surface area contributed by atoms with Crippen LogP contribution in [0.4, 0.5) is 0 Å². The third kappa shape index (κ3) is 3.22. The van der Waals surface area contributed by atoms with Crippen molar-refractivity contribution in [3.05, 3.63) is 70.4 Å². The van der Waals surface area contributed by atoms with Gasteiger partial charge in [0, 0.05) is 29.9 Å². The molecule has 0 aliphatic carbocycles. The highest BCUT2D eigenvalue weighted by Gasteiger charge is 2.33. The number of hydrogen-bond donors (Lipinski definition) is 0. The van der Waals surface area contributed by atoms with Crippen LogP contribution in [0.5, 0.6) is 5.75 Å². The maximum absolute atomic E-state index is 12.3. The third-order valence-corrected chi connectivity index (χ3v) is 5.35. The summed E-state index contributed by atoms with van der Waals surface area (Å²) in [7, 11) is 1.63. The Bertz CT molecular complexity index is 1110. The van der Waals surface area contributed by atoms with Crippen LogP contribution >= 0.6 is 11.6 Å². The first-order chi connectivity index (χ1) is 13.5. The van der Waals surface area contributed by atoms with Crippen molar-refractivity contribution in [3.8, 4) is 5.75 Å². The van der Waals surface area contributed by atoms with Gasteiger partial charge in [0.15, 0.2) is 0 Å². The van der Waals surface area contributed by atoms with Gasteiger partial charge in [0.2, 0.25) is 5.91 Å². The maximum Gasteiger partial charge on any atom is 0.240 e. The number of carbonyl (C=O) groups excluding carboxylic acids is 1. The zero-order chi connectivity index (χ0) is 19.8. The van der Waals surface area contributed by atoms with E-state index in [0.717, 1.165) is 39.1 Å². The lowest BCUT2D eigenvalue weighted by Crippen LogP contribution is -2.24. The van der Waals surface area contributed by atoms with Crippen molar-refractivity contribution in [2.75, 3.05) is 7.11 Å². The van der Waals surface area contributed by atoms with E-state index in [4.69, 9.17) is 16.3 Å². The largest absolute Gasteiger partial charge is 0.497 e. The second-order valence-electron chi connectivity index (χ2n) is 6.87. The summed E-state index contributed by atoms with van der Waals surface area (Å²) in [5.74, 6) is 0.615. The van der Waals surface area contributed by atoms with Crippen LogP contribution in [0.1, 0.15) is 36.1 Å². The Morgan fingerprint density at radius 3 is 2.71 bits per heavy atom. The minimum absolute atomic E-state index is 0.129. The first kappa shape index (κ1) is 18.4. The molecule has 3 aromatic rings. The van der Waals surface area contributed by atoms with Crippen LogP contribution in [-0.4, -0.2) is 28.7 Å². The Balaban J connectivity index is 1.79. The first-order valence-corrected chi connectivity index (χ1v) is 9.43. The molecule has 6 heteroatoms. The number of hydrazone groups is 1. The number of amides is 1. The average Bonchev–Trinajstić information content (AvgIpc) is 3.12. The SMILES string of the molecule is COc1ccc2nc(Cl)c([C@H]3CC(c4ccccc4C)=NN3C(C)=O)cc2c1. The lowest BCUT2D eigenvalue weighted by atomic mass is 9.96. The normalized spacial score (nSPS) is 16.4. The molecule has 28 heavy (non-hydrogen) atoms. The lowest BCUT2D eigenvalue weighted by Gasteiger charge is -2.21. The summed E-state index contributed by atoms with van der Waals surface area (Å²) in [5, 5.41) is 7.42. The molecule has 1 atom stereocenters. The summed E-state index contributed by atoms with van der Waals surface area (Å²) in [6, 6.07) is 15.4. The van der Waals surface area contributed by atoms with E-state index < -0.39 is 0 Å². The van der Waals surface area contributed by atoms with Gasteiger partial charge in [-0.3, -0.25) is 4.79 Å². The molecule has 5 nitrogen and oxygen atoms in total. The van der Waals surface area contributed by atoms with Gasteiger partial charge in [-0.05, 0) is 36.8 Å². The summed E-state index contributed by atoms with van der Waals surface area (Å²) >= 11 is 6.52. The summed E-state index contributed by atoms with van der Waals surface area (Å²) in [6.07, 6.45) is 0.585. The standard InChI is InChI=1S/C22H20ClN3O2/c1-13-6-4-5-7-17(13)20-12-21(26(25-20)14(2)27)18-11-15-10-16(28-3)8-9-19(15)24-22(18)23/h4-11,21H,12H2,1-3H3/t21-/m1/s1. The van der Waals surface area contributed by atoms with Crippen molar-refractivity contribution in [2.24, 2.45) is 5.10 Å². The number of benzene rings is 2. The van der Waals surface area contributed by atoms with E-state index in [2.05, 4.69) is 10.1 Å². The van der Waals surface area contributed by atoms with Gasteiger partial charge in [-0.2, -0.15) is 5.10 Å². The predicted octanol–water partition coefficient (Wildman–Crippen LogP) is 4.90. The van der Waals surface area contributed by atoms with Crippen LogP contribution in [0.3, 0.4) is 0 Å². The van der Waals surface area contributed by atoms with Gasteiger partial charge in [-0.1, -0.05) is 35.9 Å². The number of aryl methyl sites for hydroxylation is 1. The molecular formula is C22H20ClN3O2. The Morgan fingerprint density at radius 1 is 1.21 bits per heavy atom. The molecule has 2 aromatic carbocycles. The average molecular weight is 394 g/mol. The molecule has 4 rings (SSSR count). The highest BCUT2D eigenvalue weighted by atomic mass is 35.5. The molecule has 0 unspecified atom stereocenters. The van der Waals surface area contributed by atoms with Gasteiger partial charge >= 0.3 is 0 Å². The van der Waals surface area contributed by atoms with Gasteiger partial charge in [0.1, 0.15) is 10.9 Å². The molecule has 0 spiro atoms. The number of halogens is 1. The van der Waals surface area contributed by atoms with Crippen molar-refractivity contribution >= 4 is 34.1 Å². The van der Waals surface area contributed by atoms with E-state index in [1.807, 2.05) is 55.5 Å². The van der Waals surface area contributed by atoms with Crippen LogP contribution in [0.25, 0.3) is 10.9 Å². The molecule has 1 amide bonds. The maximum atomic E-state index is 12.3. The van der Waals surface area contributed by atoms with Crippen molar-refractivity contribution in [3.63, 3.8) is 0 Å². The number of ether oxygens (including phenoxy) is 1. The quantitative estimate of drug-likeness (QED) is 0.594. The number of fused-ring (bicyclic) bond motifs is 1. The van der Waals surface area contributed by atoms with Crippen LogP contribution in [0.15, 0.2) is 53.6 Å². The molecule has 0 fully saturated rings. The minimum Gasteiger partial charge on any atom is -0.497 e. The second-order valence-corrected chi connectivity index (χ2v) is 7.23. The molecule has 0 radical (unpaired) electrons. The summed E-state index contributed by atoms with van der Waals surface area (Å²) in [5.41, 5.74) is 4.60. The molecule has 1 aliphatic heterocycles. The van der Waals surface area contributed by atoms with Crippen molar-refractivity contribution in [1.29, 1.82) is 0 Å². The molecule has 0 N–H and O–H groups in total. The summed E-state index contributed by atoms with van der Waals surface area (Å²) in [4.78, 5) is 16.8. The van der Waals surface area contributed by atoms with Crippen LogP contribution < -0.4 is 4.74 Å². The highest BCUT2D eigenvalue weighted by molar-refractivity contribution is 6.30. The summed E-state index contributed by atoms with van der Waals surface area (Å²) < 4.78 is 5.32. The predicted molar refractivity (Wildman–Crippen MR) is 111 cm³/mol. The van der Waals surface area contributed by atoms with E-state index in [1.54, 1.807) is 7.11 Å². The Labute approximate surface area is 168 Å². The Hall–Kier alpha value is -2.92. The monoisotopic (exact) mass is 393 g/mol. The van der Waals surface area contributed by atoms with Crippen molar-refractivity contribution in [2.45, 2.75) is 26.3 Å². The van der Waals surface area contributed by atoms with Crippen LogP contribution in [0.2, 0.25) is 5.15 Å². The van der Waals surface area contributed by atoms with E-state index >= 15 is 0 Å². The number of rotatable bonds is 3. The Morgan fingerprint density at radius 2 is 2.00 bits per heavy atom. The molecule has 142 valence electrons. The molecule has 1 aliphatic rings. The van der Waals surface area contributed by atoms with Gasteiger partial charge < -0.3 is 4.74 Å². The van der Waals surface area contributed by atoms with Crippen molar-refractivity contribution < 1.29 is 9.53 Å². The zero-order valence-electron chi connectivity index (χ0n) is 15.9. The van der Waals surface area contributed by atoms with Gasteiger partial charge in [-0.25, -0.2) is 9.99 Å². The number of hydrogen-bond acceptors (Lipinski definition) is 4. The zero-order valence-corrected chi connectivity index (χ0v) is 16.7. The molecule has 0 saturated carbocycles. The summed E-state index contributed by atoms with van der Waals surface area (Å²) in [6.45, 7) is 3.56. The molecule has 0 saturated heterocycles. The van der Waals surface area contributed by atoms with Gasteiger partial charge in [0.05, 0.1) is 24.4 Å². The third-order valence-electron chi connectivity index (χ3n) is 5.05. The second kappa shape index (κ2) is 7.24. The number of aromatic nitrogens is 1. The molecular weight excluding hydrogens is 374 g/mol. The lowest BCUT2D eigenvalue weighted by molar-refractivity contribution is -0.130. The highest BCUT2D eigenvalue weighted by Crippen LogP contribution is 2.38. The van der Waals surface area contributed by atoms with E-state index in [1.165, 1.54) is 11.9 Å². The number of carbonyl (C=O) groups is 1. The minimum atomic E-state index is -0.289. The molecule has 0 bridgehead atoms. The molecule has 1 aromatic heterocycles. The van der Waals surface area contributed by atoms with Crippen LogP contribution in [-0.2, 0) is 4.79 Å². The van der Waals surface area contributed by atoms with Crippen LogP contribution in [0, 0.1) is 6.92 Å². The number of methoxy groups -OCH3 is 1. The Kier molecular flexibility index (Phi) is 4.77. The van der Waals surface area contributed by atoms with E-state index in [0.29, 0.717) is 11.6 Å².